The van der Waals surface area contributed by atoms with Crippen LogP contribution in [-0.4, -0.2) is 47.7 Å². The van der Waals surface area contributed by atoms with Crippen molar-refractivity contribution in [2.45, 2.75) is 9.79 Å². The molecule has 0 saturated carbocycles. The predicted octanol–water partition coefficient (Wildman–Crippen LogP) is -1.13. The molecule has 8 heteroatoms. The molecule has 0 saturated heterocycles. The van der Waals surface area contributed by atoms with Gasteiger partial charge < -0.3 is 19.8 Å². The van der Waals surface area contributed by atoms with Crippen LogP contribution in [0, 0.1) is 0 Å². The topological polar surface area (TPSA) is 114 Å². The van der Waals surface area contributed by atoms with Crippen molar-refractivity contribution in [1.82, 2.24) is 0 Å². The van der Waals surface area contributed by atoms with E-state index in [1.165, 1.54) is 0 Å². The second kappa shape index (κ2) is 7.01. The molecule has 2 rings (SSSR count). The van der Waals surface area contributed by atoms with Gasteiger partial charge >= 0.3 is 27.3 Å². The minimum absolute atomic E-state index is 0. The number of sulfone groups is 1. The fourth-order valence-electron chi connectivity index (χ4n) is 1.68. The normalized spacial score (nSPS) is 10.5. The van der Waals surface area contributed by atoms with E-state index in [4.69, 9.17) is 0 Å². The summed E-state index contributed by atoms with van der Waals surface area (Å²) in [4.78, 5) is 21.0. The van der Waals surface area contributed by atoms with Gasteiger partial charge in [0.25, 0.3) is 0 Å². The Balaban J connectivity index is 0.00000242. The molecule has 0 atom stereocenters. The van der Waals surface area contributed by atoms with E-state index in [0.29, 0.717) is 0 Å². The Morgan fingerprint density at radius 2 is 0.955 bits per heavy atom. The van der Waals surface area contributed by atoms with Crippen LogP contribution in [0.4, 0.5) is 0 Å². The number of carboxylic acid groups (broad SMARTS) is 2. The van der Waals surface area contributed by atoms with Crippen molar-refractivity contribution in [3.05, 3.63) is 59.7 Å². The van der Waals surface area contributed by atoms with Gasteiger partial charge in [0.15, 0.2) is 0 Å². The number of benzene rings is 2. The van der Waals surface area contributed by atoms with Gasteiger partial charge in [0.05, 0.1) is 21.7 Å². The Bertz CT molecular complexity index is 731. The van der Waals surface area contributed by atoms with Crippen LogP contribution in [0.1, 0.15) is 20.7 Å². The maximum Gasteiger partial charge on any atom is 2.00 e. The van der Waals surface area contributed by atoms with Crippen molar-refractivity contribution in [1.29, 1.82) is 0 Å². The average molecular weight is 511 g/mol. The van der Waals surface area contributed by atoms with Crippen LogP contribution in [0.25, 0.3) is 0 Å². The van der Waals surface area contributed by atoms with Crippen molar-refractivity contribution in [2.24, 2.45) is 0 Å². The zero-order chi connectivity index (χ0) is 15.6. The number of hydrogen-bond acceptors (Lipinski definition) is 6. The Hall–Kier alpha value is -1.75. The summed E-state index contributed by atoms with van der Waals surface area (Å²) in [5, 5.41) is 21.2. The molecule has 0 unspecified atom stereocenters. The van der Waals surface area contributed by atoms with Gasteiger partial charge in [-0.15, -0.1) is 0 Å². The number of aromatic carboxylic acids is 2. The molecule has 0 amide bonds. The number of carbonyl (C=O) groups excluding carboxylic acids is 2. The van der Waals surface area contributed by atoms with Gasteiger partial charge in [-0.3, -0.25) is 0 Å². The molecule has 0 aliphatic rings. The predicted molar refractivity (Wildman–Crippen MR) is 72.8 cm³/mol. The zero-order valence-electron chi connectivity index (χ0n) is 11.0. The van der Waals surface area contributed by atoms with Crippen molar-refractivity contribution in [3.8, 4) is 0 Å². The van der Waals surface area contributed by atoms with E-state index in [-0.39, 0.29) is 48.2 Å². The fourth-order valence-corrected chi connectivity index (χ4v) is 2.94. The summed E-state index contributed by atoms with van der Waals surface area (Å²) in [6.07, 6.45) is 0. The molecule has 6 nitrogen and oxygen atoms in total. The third-order valence-electron chi connectivity index (χ3n) is 2.80. The summed E-state index contributed by atoms with van der Waals surface area (Å²) >= 11 is 0. The van der Waals surface area contributed by atoms with Gasteiger partial charge in [0.2, 0.25) is 9.84 Å². The van der Waals surface area contributed by atoms with Crippen LogP contribution < -0.4 is 10.2 Å². The third kappa shape index (κ3) is 3.71. The molecule has 0 fully saturated rings. The number of hydrogen-bond donors (Lipinski definition) is 0. The van der Waals surface area contributed by atoms with Crippen molar-refractivity contribution < 1.29 is 28.2 Å². The van der Waals surface area contributed by atoms with E-state index < -0.39 is 21.8 Å². The first-order valence-electron chi connectivity index (χ1n) is 5.70. The van der Waals surface area contributed by atoms with E-state index >= 15 is 0 Å². The molecule has 22 heavy (non-hydrogen) atoms. The third-order valence-corrected chi connectivity index (χ3v) is 4.59. The van der Waals surface area contributed by atoms with Gasteiger partial charge in [-0.05, 0) is 35.4 Å². The Morgan fingerprint density at radius 3 is 1.18 bits per heavy atom. The molecule has 0 N–H and O–H groups in total. The van der Waals surface area contributed by atoms with Gasteiger partial charge in [-0.2, -0.15) is 0 Å². The molecule has 0 heterocycles. The Morgan fingerprint density at radius 1 is 0.682 bits per heavy atom. The molecule has 2 aromatic carbocycles. The van der Waals surface area contributed by atoms with Gasteiger partial charge in [-0.25, -0.2) is 8.42 Å². The van der Waals surface area contributed by atoms with Gasteiger partial charge in [-0.1, -0.05) is 24.3 Å². The van der Waals surface area contributed by atoms with Crippen molar-refractivity contribution in [3.63, 3.8) is 0 Å². The van der Waals surface area contributed by atoms with Crippen LogP contribution in [0.15, 0.2) is 58.3 Å². The summed E-state index contributed by atoms with van der Waals surface area (Å²) in [6.45, 7) is 0. The number of carboxylic acids is 2. The minimum Gasteiger partial charge on any atom is -0.545 e. The van der Waals surface area contributed by atoms with E-state index in [2.05, 4.69) is 0 Å². The number of carbonyl (C=O) groups is 2. The van der Waals surface area contributed by atoms with Crippen molar-refractivity contribution >= 4 is 49.1 Å². The van der Waals surface area contributed by atoms with Crippen LogP contribution in [-0.2, 0) is 9.84 Å². The first-order valence-corrected chi connectivity index (χ1v) is 7.18. The maximum absolute atomic E-state index is 12.3. The molecular weight excluding hydrogens is 503 g/mol. The molecule has 0 aliphatic heterocycles. The largest absolute Gasteiger partial charge is 2.00 e. The molecule has 110 valence electrons. The summed E-state index contributed by atoms with van der Waals surface area (Å²) in [7, 11) is -3.85. The van der Waals surface area contributed by atoms with E-state index in [9.17, 15) is 28.2 Å². The van der Waals surface area contributed by atoms with E-state index in [1.807, 2.05) is 0 Å². The van der Waals surface area contributed by atoms with Crippen LogP contribution in [0.2, 0.25) is 0 Å². The Kier molecular flexibility index (Phi) is 5.83. The molecule has 0 aromatic heterocycles. The SMILES string of the molecule is O=C([O-])c1ccc(S(=O)(=O)c2ccc(C(=O)[O-])cc2)cc1.[Pb+2]. The molecule has 2 aromatic rings. The van der Waals surface area contributed by atoms with Crippen LogP contribution in [0.3, 0.4) is 0 Å². The smallest absolute Gasteiger partial charge is 0.545 e. The average Bonchev–Trinajstić information content (AvgIpc) is 2.47. The van der Waals surface area contributed by atoms with Gasteiger partial charge in [0, 0.05) is 0 Å². The first-order chi connectivity index (χ1) is 9.82. The van der Waals surface area contributed by atoms with Gasteiger partial charge in [0.1, 0.15) is 0 Å². The number of rotatable bonds is 4. The zero-order valence-corrected chi connectivity index (χ0v) is 15.7. The molecule has 0 spiro atoms. The Labute approximate surface area is 146 Å². The summed E-state index contributed by atoms with van der Waals surface area (Å²) < 4.78 is 24.5. The standard InChI is InChI=1S/C14H10O6S.Pb/c15-13(16)9-1-5-11(6-2-9)21(19,20)12-7-3-10(4-8-12)14(17)18;/h1-8H,(H,15,16)(H,17,18);/q;+2/p-2. The van der Waals surface area contributed by atoms with E-state index in [0.717, 1.165) is 48.5 Å². The van der Waals surface area contributed by atoms with Crippen LogP contribution >= 0.6 is 0 Å². The molecule has 2 radical (unpaired) electrons. The van der Waals surface area contributed by atoms with Crippen LogP contribution in [0.5, 0.6) is 0 Å². The molecule has 0 bridgehead atoms. The van der Waals surface area contributed by atoms with E-state index in [1.54, 1.807) is 0 Å². The minimum atomic E-state index is -3.85. The summed E-state index contributed by atoms with van der Waals surface area (Å²) in [5.74, 6) is -2.81. The summed E-state index contributed by atoms with van der Waals surface area (Å²) in [5.41, 5.74) is -0.275. The second-order valence-electron chi connectivity index (χ2n) is 4.13. The van der Waals surface area contributed by atoms with Crippen molar-refractivity contribution in [2.75, 3.05) is 0 Å². The quantitative estimate of drug-likeness (QED) is 0.480. The second-order valence-corrected chi connectivity index (χ2v) is 6.08. The maximum atomic E-state index is 12.3. The fraction of sp³-hybridized carbons (Fsp3) is 0. The molecular formula is C14H8O6PbS. The first kappa shape index (κ1) is 18.3. The molecule has 0 aliphatic carbocycles. The monoisotopic (exact) mass is 512 g/mol. The summed E-state index contributed by atoms with van der Waals surface area (Å²) in [6, 6.07) is 9.07.